The first-order valence-corrected chi connectivity index (χ1v) is 12.1. The van der Waals surface area contributed by atoms with Crippen LogP contribution in [0.25, 0.3) is 0 Å². The fourth-order valence-corrected chi connectivity index (χ4v) is 3.84. The van der Waals surface area contributed by atoms with E-state index in [1.807, 2.05) is 0 Å². The third-order valence-corrected chi connectivity index (χ3v) is 5.76. The molecule has 0 saturated heterocycles. The van der Waals surface area contributed by atoms with Crippen LogP contribution in [0.2, 0.25) is 0 Å². The number of hydrogen-bond donors (Lipinski definition) is 2. The molecule has 0 radical (unpaired) electrons. The van der Waals surface area contributed by atoms with Gasteiger partial charge in [0.15, 0.2) is 0 Å². The molecule has 11 heteroatoms. The SMILES string of the molecule is COCCCCC(=O)OCCC(CCC(=O)Nc1ccc(OC)cc1S(=O)(=O)O)CC(C)=O. The molecule has 1 unspecified atom stereocenters. The molecule has 0 saturated carbocycles. The van der Waals surface area contributed by atoms with Crippen molar-refractivity contribution in [3.05, 3.63) is 18.2 Å². The van der Waals surface area contributed by atoms with Crippen molar-refractivity contribution in [3.63, 3.8) is 0 Å². The van der Waals surface area contributed by atoms with Crippen molar-refractivity contribution in [2.24, 2.45) is 5.92 Å². The Morgan fingerprint density at radius 2 is 1.79 bits per heavy atom. The number of ether oxygens (including phenoxy) is 3. The molecule has 10 nitrogen and oxygen atoms in total. The fourth-order valence-electron chi connectivity index (χ4n) is 3.18. The number of methoxy groups -OCH3 is 2. The minimum atomic E-state index is -4.58. The standard InChI is InChI=1S/C22H33NO9S/c1-16(24)14-17(11-13-32-22(26)6-4-5-12-30-2)7-10-21(25)23-19-9-8-18(31-3)15-20(19)33(27,28)29/h8-9,15,17H,4-7,10-14H2,1-3H3,(H,23,25)(H,27,28,29). The smallest absolute Gasteiger partial charge is 0.305 e. The lowest BCUT2D eigenvalue weighted by Gasteiger charge is -2.16. The Morgan fingerprint density at radius 1 is 1.06 bits per heavy atom. The van der Waals surface area contributed by atoms with E-state index in [-0.39, 0.29) is 48.6 Å². The molecule has 0 fully saturated rings. The molecule has 1 atom stereocenters. The fraction of sp³-hybridized carbons (Fsp3) is 0.591. The van der Waals surface area contributed by atoms with Crippen molar-refractivity contribution in [1.82, 2.24) is 0 Å². The van der Waals surface area contributed by atoms with E-state index in [0.29, 0.717) is 32.3 Å². The zero-order chi connectivity index (χ0) is 24.9. The zero-order valence-electron chi connectivity index (χ0n) is 19.3. The number of Topliss-reactive ketones (excluding diaryl/α,β-unsaturated/α-hetero) is 1. The van der Waals surface area contributed by atoms with Crippen LogP contribution in [0.5, 0.6) is 5.75 Å². The molecule has 0 aliphatic rings. The largest absolute Gasteiger partial charge is 0.497 e. The second kappa shape index (κ2) is 14.6. The summed E-state index contributed by atoms with van der Waals surface area (Å²) in [6.45, 7) is 2.18. The van der Waals surface area contributed by atoms with Crippen LogP contribution in [0.4, 0.5) is 5.69 Å². The average Bonchev–Trinajstić information content (AvgIpc) is 2.74. The number of esters is 1. The summed E-state index contributed by atoms with van der Waals surface area (Å²) in [4.78, 5) is 35.3. The van der Waals surface area contributed by atoms with E-state index in [9.17, 15) is 27.4 Å². The summed E-state index contributed by atoms with van der Waals surface area (Å²) in [6, 6.07) is 3.87. The summed E-state index contributed by atoms with van der Waals surface area (Å²) in [5.41, 5.74) is -0.0752. The lowest BCUT2D eigenvalue weighted by atomic mass is 9.94. The molecule has 0 aliphatic carbocycles. The maximum Gasteiger partial charge on any atom is 0.305 e. The first-order valence-electron chi connectivity index (χ1n) is 10.7. The van der Waals surface area contributed by atoms with E-state index in [2.05, 4.69) is 5.32 Å². The lowest BCUT2D eigenvalue weighted by Crippen LogP contribution is -2.18. The van der Waals surface area contributed by atoms with Crippen molar-refractivity contribution < 1.29 is 41.6 Å². The quantitative estimate of drug-likeness (QED) is 0.204. The second-order valence-electron chi connectivity index (χ2n) is 7.66. The topological polar surface area (TPSA) is 145 Å². The molecule has 186 valence electrons. The van der Waals surface area contributed by atoms with Gasteiger partial charge in [0.05, 0.1) is 19.4 Å². The minimum Gasteiger partial charge on any atom is -0.497 e. The van der Waals surface area contributed by atoms with E-state index in [1.165, 1.54) is 26.2 Å². The Bertz CT molecular complexity index is 899. The van der Waals surface area contributed by atoms with E-state index in [1.54, 1.807) is 7.11 Å². The van der Waals surface area contributed by atoms with Crippen LogP contribution in [-0.4, -0.2) is 58.1 Å². The number of carbonyl (C=O) groups is 3. The Hall–Kier alpha value is -2.50. The minimum absolute atomic E-state index is 0.0137. The number of benzene rings is 1. The van der Waals surface area contributed by atoms with Gasteiger partial charge in [-0.2, -0.15) is 8.42 Å². The van der Waals surface area contributed by atoms with Crippen LogP contribution in [0.3, 0.4) is 0 Å². The van der Waals surface area contributed by atoms with Crippen molar-refractivity contribution in [2.45, 2.75) is 56.8 Å². The molecule has 0 aromatic heterocycles. The highest BCUT2D eigenvalue weighted by atomic mass is 32.2. The van der Waals surface area contributed by atoms with Gasteiger partial charge >= 0.3 is 5.97 Å². The number of hydrogen-bond acceptors (Lipinski definition) is 8. The summed E-state index contributed by atoms with van der Waals surface area (Å²) >= 11 is 0. The predicted octanol–water partition coefficient (Wildman–Crippen LogP) is 3.01. The van der Waals surface area contributed by atoms with Crippen LogP contribution >= 0.6 is 0 Å². The summed E-state index contributed by atoms with van der Waals surface area (Å²) in [5, 5.41) is 2.47. The monoisotopic (exact) mass is 487 g/mol. The maximum atomic E-state index is 12.4. The molecular formula is C22H33NO9S. The van der Waals surface area contributed by atoms with E-state index >= 15 is 0 Å². The van der Waals surface area contributed by atoms with Gasteiger partial charge in [0.1, 0.15) is 16.4 Å². The summed E-state index contributed by atoms with van der Waals surface area (Å²) < 4.78 is 47.8. The molecule has 0 aliphatic heterocycles. The molecule has 2 N–H and O–H groups in total. The van der Waals surface area contributed by atoms with Crippen LogP contribution in [0.15, 0.2) is 23.1 Å². The lowest BCUT2D eigenvalue weighted by molar-refractivity contribution is -0.144. The number of rotatable bonds is 16. The highest BCUT2D eigenvalue weighted by Gasteiger charge is 2.20. The van der Waals surface area contributed by atoms with Gasteiger partial charge in [0.25, 0.3) is 10.1 Å². The molecule has 0 spiro atoms. The number of unbranched alkanes of at least 4 members (excludes halogenated alkanes) is 1. The Morgan fingerprint density at radius 3 is 2.39 bits per heavy atom. The first-order chi connectivity index (χ1) is 15.6. The van der Waals surface area contributed by atoms with Gasteiger partial charge in [-0.05, 0) is 50.7 Å². The van der Waals surface area contributed by atoms with Gasteiger partial charge in [-0.15, -0.1) is 0 Å². The van der Waals surface area contributed by atoms with Crippen LogP contribution in [0, 0.1) is 5.92 Å². The predicted molar refractivity (Wildman–Crippen MR) is 121 cm³/mol. The third-order valence-electron chi connectivity index (χ3n) is 4.87. The summed E-state index contributed by atoms with van der Waals surface area (Å²) in [7, 11) is -1.65. The molecule has 1 rings (SSSR count). The molecular weight excluding hydrogens is 454 g/mol. The highest BCUT2D eigenvalue weighted by molar-refractivity contribution is 7.86. The summed E-state index contributed by atoms with van der Waals surface area (Å²) in [5.74, 6) is -0.812. The third kappa shape index (κ3) is 11.8. The zero-order valence-corrected chi connectivity index (χ0v) is 20.1. The summed E-state index contributed by atoms with van der Waals surface area (Å²) in [6.07, 6.45) is 2.74. The van der Waals surface area contributed by atoms with Crippen LogP contribution < -0.4 is 10.1 Å². The van der Waals surface area contributed by atoms with Crippen molar-refractivity contribution in [2.75, 3.05) is 32.8 Å². The Labute approximate surface area is 194 Å². The van der Waals surface area contributed by atoms with Gasteiger partial charge in [0, 0.05) is 39.0 Å². The molecule has 1 aromatic carbocycles. The van der Waals surface area contributed by atoms with Gasteiger partial charge in [-0.3, -0.25) is 14.1 Å². The van der Waals surface area contributed by atoms with E-state index in [0.717, 1.165) is 12.5 Å². The van der Waals surface area contributed by atoms with E-state index in [4.69, 9.17) is 14.2 Å². The number of nitrogens with one attached hydrogen (secondary N) is 1. The molecule has 0 heterocycles. The molecule has 1 amide bonds. The van der Waals surface area contributed by atoms with Crippen molar-refractivity contribution in [1.29, 1.82) is 0 Å². The normalized spacial score (nSPS) is 12.1. The van der Waals surface area contributed by atoms with Gasteiger partial charge < -0.3 is 24.3 Å². The average molecular weight is 488 g/mol. The number of ketones is 1. The Kier molecular flexibility index (Phi) is 12.6. The van der Waals surface area contributed by atoms with Crippen LogP contribution in [0.1, 0.15) is 51.9 Å². The molecule has 1 aromatic rings. The van der Waals surface area contributed by atoms with Crippen molar-refractivity contribution >= 4 is 33.5 Å². The number of amides is 1. The van der Waals surface area contributed by atoms with Crippen LogP contribution in [-0.2, 0) is 34.0 Å². The van der Waals surface area contributed by atoms with Gasteiger partial charge in [-0.25, -0.2) is 0 Å². The first kappa shape index (κ1) is 28.5. The Balaban J connectivity index is 2.60. The molecule has 0 bridgehead atoms. The van der Waals surface area contributed by atoms with Crippen molar-refractivity contribution in [3.8, 4) is 5.75 Å². The molecule has 33 heavy (non-hydrogen) atoms. The highest BCUT2D eigenvalue weighted by Crippen LogP contribution is 2.27. The van der Waals surface area contributed by atoms with Gasteiger partial charge in [0.2, 0.25) is 5.91 Å². The number of carbonyl (C=O) groups excluding carboxylic acids is 3. The number of anilines is 1. The van der Waals surface area contributed by atoms with E-state index < -0.39 is 20.9 Å². The second-order valence-corrected chi connectivity index (χ2v) is 9.05. The van der Waals surface area contributed by atoms with Gasteiger partial charge in [-0.1, -0.05) is 0 Å². The maximum absolute atomic E-state index is 12.4.